The third kappa shape index (κ3) is 6.14. The molecule has 8 nitrogen and oxygen atoms in total. The molecular weight excluding hydrogens is 386 g/mol. The third-order valence-corrected chi connectivity index (χ3v) is 4.12. The van der Waals surface area contributed by atoms with Gasteiger partial charge in [-0.1, -0.05) is 6.92 Å². The van der Waals surface area contributed by atoms with E-state index < -0.39 is 18.1 Å². The predicted molar refractivity (Wildman–Crippen MR) is 111 cm³/mol. The summed E-state index contributed by atoms with van der Waals surface area (Å²) in [7, 11) is 0. The second kappa shape index (κ2) is 10.7. The van der Waals surface area contributed by atoms with Crippen LogP contribution in [0.1, 0.15) is 43.7 Å². The molecule has 0 spiro atoms. The zero-order valence-electron chi connectivity index (χ0n) is 17.2. The summed E-state index contributed by atoms with van der Waals surface area (Å²) in [5.41, 5.74) is 7.76. The van der Waals surface area contributed by atoms with Crippen molar-refractivity contribution in [2.75, 3.05) is 18.5 Å². The summed E-state index contributed by atoms with van der Waals surface area (Å²) in [4.78, 5) is 23.0. The van der Waals surface area contributed by atoms with Gasteiger partial charge in [0.1, 0.15) is 11.5 Å². The number of hydrogen-bond acceptors (Lipinski definition) is 7. The summed E-state index contributed by atoms with van der Waals surface area (Å²) < 4.78 is 16.8. The zero-order chi connectivity index (χ0) is 22.1. The van der Waals surface area contributed by atoms with Crippen LogP contribution in [0.5, 0.6) is 11.5 Å². The third-order valence-electron chi connectivity index (χ3n) is 4.12. The molecule has 0 fully saturated rings. The van der Waals surface area contributed by atoms with Gasteiger partial charge in [-0.15, -0.1) is 0 Å². The maximum Gasteiger partial charge on any atom is 0.304 e. The molecular formula is C22H25N3O5. The van der Waals surface area contributed by atoms with Gasteiger partial charge in [0.25, 0.3) is 5.91 Å². The van der Waals surface area contributed by atoms with Gasteiger partial charge in [0, 0.05) is 18.7 Å². The largest absolute Gasteiger partial charge is 0.493 e. The van der Waals surface area contributed by atoms with E-state index in [0.29, 0.717) is 41.3 Å². The van der Waals surface area contributed by atoms with Crippen LogP contribution in [-0.2, 0) is 20.7 Å². The molecule has 0 bridgehead atoms. The number of nitriles is 1. The molecule has 1 amide bonds. The Hall–Kier alpha value is -3.73. The van der Waals surface area contributed by atoms with Crippen molar-refractivity contribution in [2.24, 2.45) is 5.73 Å². The molecule has 0 saturated carbocycles. The number of carbonyl (C=O) groups is 2. The fourth-order valence-electron chi connectivity index (χ4n) is 2.80. The molecule has 2 aromatic carbocycles. The van der Waals surface area contributed by atoms with Crippen LogP contribution in [0.25, 0.3) is 0 Å². The van der Waals surface area contributed by atoms with Gasteiger partial charge in [-0.05, 0) is 49.2 Å². The SMILES string of the molecule is CCOc1cc(OCC(N)=O)c(C(Nc2ccc(C#N)cc2)OC(C)=O)cc1CC. The minimum atomic E-state index is -0.903. The lowest BCUT2D eigenvalue weighted by molar-refractivity contribution is -0.145. The van der Waals surface area contributed by atoms with Gasteiger partial charge in [-0.2, -0.15) is 5.26 Å². The maximum absolute atomic E-state index is 11.8. The first-order valence-corrected chi connectivity index (χ1v) is 9.52. The molecule has 0 aliphatic heterocycles. The van der Waals surface area contributed by atoms with Gasteiger partial charge in [-0.25, -0.2) is 0 Å². The standard InChI is InChI=1S/C22H25N3O5/c1-4-16-10-18(20(29-13-21(24)27)11-19(16)28-5-2)22(30-14(3)26)25-17-8-6-15(12-23)7-9-17/h6-11,22,25H,4-5,13H2,1-3H3,(H2,24,27). The molecule has 0 saturated heterocycles. The van der Waals surface area contributed by atoms with Crippen LogP contribution in [0.2, 0.25) is 0 Å². The molecule has 0 radical (unpaired) electrons. The van der Waals surface area contributed by atoms with Crippen LogP contribution in [0, 0.1) is 11.3 Å². The number of nitrogens with two attached hydrogens (primary N) is 1. The second-order valence-corrected chi connectivity index (χ2v) is 6.36. The molecule has 2 aromatic rings. The van der Waals surface area contributed by atoms with E-state index in [9.17, 15) is 9.59 Å². The van der Waals surface area contributed by atoms with Crippen LogP contribution in [-0.4, -0.2) is 25.1 Å². The number of hydrogen-bond donors (Lipinski definition) is 2. The zero-order valence-corrected chi connectivity index (χ0v) is 17.2. The molecule has 1 atom stereocenters. The molecule has 0 aromatic heterocycles. The van der Waals surface area contributed by atoms with Crippen molar-refractivity contribution in [3.05, 3.63) is 53.1 Å². The van der Waals surface area contributed by atoms with E-state index in [1.807, 2.05) is 19.9 Å². The fraction of sp³-hybridized carbons (Fsp3) is 0.318. The number of primary amides is 1. The number of amides is 1. The number of nitrogens with zero attached hydrogens (tertiary/aromatic N) is 1. The molecule has 8 heteroatoms. The lowest BCUT2D eigenvalue weighted by Gasteiger charge is -2.24. The van der Waals surface area contributed by atoms with E-state index in [1.165, 1.54) is 6.92 Å². The molecule has 0 heterocycles. The van der Waals surface area contributed by atoms with E-state index in [2.05, 4.69) is 11.4 Å². The molecule has 158 valence electrons. The summed E-state index contributed by atoms with van der Waals surface area (Å²) in [6, 6.07) is 12.2. The van der Waals surface area contributed by atoms with E-state index in [1.54, 1.807) is 30.3 Å². The van der Waals surface area contributed by atoms with Crippen molar-refractivity contribution in [2.45, 2.75) is 33.4 Å². The minimum absolute atomic E-state index is 0.307. The average Bonchev–Trinajstić information content (AvgIpc) is 2.72. The highest BCUT2D eigenvalue weighted by Gasteiger charge is 2.23. The second-order valence-electron chi connectivity index (χ2n) is 6.36. The Bertz CT molecular complexity index is 935. The quantitative estimate of drug-likeness (QED) is 0.455. The molecule has 3 N–H and O–H groups in total. The number of benzene rings is 2. The van der Waals surface area contributed by atoms with Gasteiger partial charge in [0.15, 0.2) is 6.61 Å². The summed E-state index contributed by atoms with van der Waals surface area (Å²) in [5, 5.41) is 12.1. The molecule has 0 aliphatic carbocycles. The van der Waals surface area contributed by atoms with Crippen LogP contribution in [0.15, 0.2) is 36.4 Å². The van der Waals surface area contributed by atoms with Gasteiger partial charge in [0.2, 0.25) is 6.23 Å². The molecule has 1 unspecified atom stereocenters. The molecule has 0 aliphatic rings. The Labute approximate surface area is 175 Å². The normalized spacial score (nSPS) is 11.1. The lowest BCUT2D eigenvalue weighted by Crippen LogP contribution is -2.23. The van der Waals surface area contributed by atoms with E-state index >= 15 is 0 Å². The Morgan fingerprint density at radius 3 is 2.37 bits per heavy atom. The minimum Gasteiger partial charge on any atom is -0.493 e. The first-order chi connectivity index (χ1) is 14.4. The van der Waals surface area contributed by atoms with Crippen LogP contribution < -0.4 is 20.5 Å². The van der Waals surface area contributed by atoms with E-state index in [0.717, 1.165) is 5.56 Å². The van der Waals surface area contributed by atoms with E-state index in [-0.39, 0.29) is 6.61 Å². The summed E-state index contributed by atoms with van der Waals surface area (Å²) >= 11 is 0. The predicted octanol–water partition coefficient (Wildman–Crippen LogP) is 3.06. The summed E-state index contributed by atoms with van der Waals surface area (Å²) in [6.45, 7) is 5.25. The van der Waals surface area contributed by atoms with Gasteiger partial charge < -0.3 is 25.3 Å². The first kappa shape index (κ1) is 22.6. The van der Waals surface area contributed by atoms with Crippen molar-refractivity contribution in [1.29, 1.82) is 5.26 Å². The van der Waals surface area contributed by atoms with Crippen molar-refractivity contribution < 1.29 is 23.8 Å². The van der Waals surface area contributed by atoms with Gasteiger partial charge >= 0.3 is 5.97 Å². The molecule has 30 heavy (non-hydrogen) atoms. The number of ether oxygens (including phenoxy) is 3. The Morgan fingerprint density at radius 1 is 1.13 bits per heavy atom. The number of rotatable bonds is 10. The number of esters is 1. The highest BCUT2D eigenvalue weighted by molar-refractivity contribution is 5.75. The fourth-order valence-corrected chi connectivity index (χ4v) is 2.80. The lowest BCUT2D eigenvalue weighted by atomic mass is 10.0. The summed E-state index contributed by atoms with van der Waals surface area (Å²) in [5.74, 6) is -0.221. The smallest absolute Gasteiger partial charge is 0.304 e. The van der Waals surface area contributed by atoms with Crippen molar-refractivity contribution in [1.82, 2.24) is 0 Å². The topological polar surface area (TPSA) is 124 Å². The first-order valence-electron chi connectivity index (χ1n) is 9.52. The van der Waals surface area contributed by atoms with Crippen LogP contribution in [0.4, 0.5) is 5.69 Å². The number of carbonyl (C=O) groups excluding carboxylic acids is 2. The Kier molecular flexibility index (Phi) is 8.06. The van der Waals surface area contributed by atoms with Gasteiger partial charge in [0.05, 0.1) is 23.8 Å². The van der Waals surface area contributed by atoms with Crippen molar-refractivity contribution in [3.63, 3.8) is 0 Å². The Morgan fingerprint density at radius 2 is 1.83 bits per heavy atom. The molecule has 2 rings (SSSR count). The van der Waals surface area contributed by atoms with Crippen LogP contribution in [0.3, 0.4) is 0 Å². The highest BCUT2D eigenvalue weighted by Crippen LogP contribution is 2.36. The average molecular weight is 411 g/mol. The maximum atomic E-state index is 11.8. The van der Waals surface area contributed by atoms with Crippen molar-refractivity contribution in [3.8, 4) is 17.6 Å². The van der Waals surface area contributed by atoms with Crippen molar-refractivity contribution >= 4 is 17.6 Å². The monoisotopic (exact) mass is 411 g/mol. The number of aryl methyl sites for hydroxylation is 1. The van der Waals surface area contributed by atoms with E-state index in [4.69, 9.17) is 25.2 Å². The highest BCUT2D eigenvalue weighted by atomic mass is 16.6. The number of anilines is 1. The van der Waals surface area contributed by atoms with Crippen LogP contribution >= 0.6 is 0 Å². The Balaban J connectivity index is 2.50. The van der Waals surface area contributed by atoms with Gasteiger partial charge in [-0.3, -0.25) is 9.59 Å². The summed E-state index contributed by atoms with van der Waals surface area (Å²) in [6.07, 6.45) is -0.235. The number of nitrogens with one attached hydrogen (secondary N) is 1.